The van der Waals surface area contributed by atoms with Crippen molar-refractivity contribution in [3.05, 3.63) is 75.9 Å². The third kappa shape index (κ3) is 6.22. The predicted octanol–water partition coefficient (Wildman–Crippen LogP) is 6.67. The number of aromatic nitrogens is 5. The number of benzene rings is 1. The van der Waals surface area contributed by atoms with E-state index >= 15 is 0 Å². The van der Waals surface area contributed by atoms with Crippen molar-refractivity contribution in [2.75, 3.05) is 19.7 Å². The molecule has 0 spiro atoms. The van der Waals surface area contributed by atoms with Crippen LogP contribution in [0.3, 0.4) is 0 Å². The van der Waals surface area contributed by atoms with E-state index in [4.69, 9.17) is 4.74 Å². The number of pyridine rings is 1. The van der Waals surface area contributed by atoms with Crippen molar-refractivity contribution in [3.8, 4) is 5.69 Å². The summed E-state index contributed by atoms with van der Waals surface area (Å²) in [6.07, 6.45) is 4.40. The van der Waals surface area contributed by atoms with Gasteiger partial charge in [0.15, 0.2) is 0 Å². The monoisotopic (exact) mass is 670 g/mol. The molecule has 0 atom stereocenters. The molecule has 0 radical (unpaired) electrons. The first-order valence-corrected chi connectivity index (χ1v) is 20.1. The maximum absolute atomic E-state index is 14.5. The Labute approximate surface area is 272 Å². The number of aryl methyl sites for hydroxylation is 1. The number of rotatable bonds is 11. The molecule has 47 heavy (non-hydrogen) atoms. The topological polar surface area (TPSA) is 70.1 Å². The standard InChI is InChI=1S/C34H42F4N6O2Si/c1-41-21-39-40-31(41)32(18-34(37,38)19-32)24-6-5-7-25(14-24)43-17-28(23-8-9-23)27-15-26(16-42-11-10-33(35,36)20-42)44(29(27)30(43)45)22-46-12-13-47(2,3)4/h5-7,14-15,17,21,23H,8-13,16,18-20,22H2,1-4H3. The lowest BCUT2D eigenvalue weighted by Crippen LogP contribution is -2.51. The van der Waals surface area contributed by atoms with Crippen molar-refractivity contribution in [3.63, 3.8) is 0 Å². The molecule has 3 fully saturated rings. The second-order valence-corrected chi connectivity index (χ2v) is 20.8. The number of fused-ring (bicyclic) bond motifs is 1. The molecule has 0 N–H and O–H groups in total. The molecule has 4 heterocycles. The van der Waals surface area contributed by atoms with Crippen molar-refractivity contribution >= 4 is 19.0 Å². The minimum atomic E-state index is -2.83. The fourth-order valence-electron chi connectivity index (χ4n) is 7.32. The van der Waals surface area contributed by atoms with Gasteiger partial charge in [-0.3, -0.25) is 14.3 Å². The molecule has 4 aromatic rings. The summed E-state index contributed by atoms with van der Waals surface area (Å²) < 4.78 is 68.7. The van der Waals surface area contributed by atoms with Crippen LogP contribution in [-0.2, 0) is 30.5 Å². The third-order valence-electron chi connectivity index (χ3n) is 9.99. The highest BCUT2D eigenvalue weighted by atomic mass is 28.3. The van der Waals surface area contributed by atoms with Crippen LogP contribution in [0.2, 0.25) is 25.7 Å². The van der Waals surface area contributed by atoms with Gasteiger partial charge in [0.05, 0.1) is 12.0 Å². The highest BCUT2D eigenvalue weighted by Crippen LogP contribution is 2.56. The van der Waals surface area contributed by atoms with Crippen molar-refractivity contribution in [1.82, 2.24) is 28.8 Å². The maximum Gasteiger partial charge on any atom is 0.279 e. The lowest BCUT2D eigenvalue weighted by molar-refractivity contribution is -0.116. The molecule has 0 unspecified atom stereocenters. The Kier molecular flexibility index (Phi) is 7.83. The number of likely N-dealkylation sites (tertiary alicyclic amines) is 1. The summed E-state index contributed by atoms with van der Waals surface area (Å²) in [5.41, 5.74) is 2.20. The highest BCUT2D eigenvalue weighted by molar-refractivity contribution is 6.76. The molecule has 0 bridgehead atoms. The van der Waals surface area contributed by atoms with E-state index in [2.05, 4.69) is 29.8 Å². The third-order valence-corrected chi connectivity index (χ3v) is 11.7. The number of ether oxygens (including phenoxy) is 1. The van der Waals surface area contributed by atoms with Gasteiger partial charge in [-0.25, -0.2) is 17.6 Å². The Morgan fingerprint density at radius 1 is 1.06 bits per heavy atom. The maximum atomic E-state index is 14.5. The molecule has 7 rings (SSSR count). The number of alkyl halides is 4. The summed E-state index contributed by atoms with van der Waals surface area (Å²) >= 11 is 0. The molecule has 3 aromatic heterocycles. The highest BCUT2D eigenvalue weighted by Gasteiger charge is 2.60. The van der Waals surface area contributed by atoms with Crippen LogP contribution < -0.4 is 5.56 Å². The molecule has 2 saturated carbocycles. The average molecular weight is 671 g/mol. The Hall–Kier alpha value is -3.29. The van der Waals surface area contributed by atoms with E-state index in [-0.39, 0.29) is 44.3 Å². The van der Waals surface area contributed by atoms with Crippen LogP contribution in [0.4, 0.5) is 17.6 Å². The molecule has 13 heteroatoms. The van der Waals surface area contributed by atoms with Gasteiger partial charge < -0.3 is 13.9 Å². The van der Waals surface area contributed by atoms with E-state index in [0.717, 1.165) is 35.5 Å². The van der Waals surface area contributed by atoms with E-state index in [1.807, 2.05) is 35.0 Å². The van der Waals surface area contributed by atoms with Crippen molar-refractivity contribution < 1.29 is 22.3 Å². The van der Waals surface area contributed by atoms with E-state index < -0.39 is 38.2 Å². The van der Waals surface area contributed by atoms with Crippen LogP contribution in [0, 0.1) is 0 Å². The Bertz CT molecular complexity index is 1860. The van der Waals surface area contributed by atoms with Crippen molar-refractivity contribution in [2.45, 2.75) is 94.2 Å². The number of nitrogens with zero attached hydrogens (tertiary/aromatic N) is 6. The van der Waals surface area contributed by atoms with Crippen LogP contribution in [0.25, 0.3) is 16.6 Å². The number of hydrogen-bond donors (Lipinski definition) is 0. The van der Waals surface area contributed by atoms with E-state index in [9.17, 15) is 22.4 Å². The van der Waals surface area contributed by atoms with Gasteiger partial charge in [0.25, 0.3) is 17.4 Å². The van der Waals surface area contributed by atoms with Gasteiger partial charge in [0.1, 0.15) is 24.4 Å². The Balaban J connectivity index is 1.33. The predicted molar refractivity (Wildman–Crippen MR) is 174 cm³/mol. The largest absolute Gasteiger partial charge is 0.361 e. The van der Waals surface area contributed by atoms with E-state index in [1.54, 1.807) is 27.1 Å². The van der Waals surface area contributed by atoms with Gasteiger partial charge in [0.2, 0.25) is 0 Å². The van der Waals surface area contributed by atoms with Gasteiger partial charge in [-0.05, 0) is 54.1 Å². The molecule has 1 aliphatic heterocycles. The first-order chi connectivity index (χ1) is 22.1. The summed E-state index contributed by atoms with van der Waals surface area (Å²) in [5, 5.41) is 9.01. The number of hydrogen-bond acceptors (Lipinski definition) is 5. The van der Waals surface area contributed by atoms with Gasteiger partial charge in [-0.2, -0.15) is 0 Å². The van der Waals surface area contributed by atoms with Crippen molar-refractivity contribution in [2.24, 2.45) is 7.05 Å². The molecule has 252 valence electrons. The van der Waals surface area contributed by atoms with Gasteiger partial charge in [-0.1, -0.05) is 31.8 Å². The first kappa shape index (κ1) is 32.3. The van der Waals surface area contributed by atoms with Crippen LogP contribution in [0.5, 0.6) is 0 Å². The first-order valence-electron chi connectivity index (χ1n) is 16.4. The fraction of sp³-hybridized carbons (Fsp3) is 0.559. The van der Waals surface area contributed by atoms with Gasteiger partial charge in [-0.15, -0.1) is 10.2 Å². The minimum absolute atomic E-state index is 0.140. The molecule has 1 saturated heterocycles. The smallest absolute Gasteiger partial charge is 0.279 e. The second kappa shape index (κ2) is 11.4. The normalized spacial score (nSPS) is 20.6. The van der Waals surface area contributed by atoms with Crippen LogP contribution in [0.1, 0.15) is 60.7 Å². The van der Waals surface area contributed by atoms with E-state index in [0.29, 0.717) is 29.2 Å². The van der Waals surface area contributed by atoms with E-state index in [1.165, 1.54) is 6.33 Å². The molecular weight excluding hydrogens is 628 g/mol. The summed E-state index contributed by atoms with van der Waals surface area (Å²) in [5.74, 6) is -4.82. The zero-order chi connectivity index (χ0) is 33.4. The quantitative estimate of drug-likeness (QED) is 0.101. The second-order valence-electron chi connectivity index (χ2n) is 15.1. The van der Waals surface area contributed by atoms with Gasteiger partial charge in [0, 0.05) is 77.0 Å². The zero-order valence-electron chi connectivity index (χ0n) is 27.4. The molecule has 2 aliphatic carbocycles. The molecular formula is C34H42F4N6O2Si. The lowest BCUT2D eigenvalue weighted by Gasteiger charge is -2.46. The van der Waals surface area contributed by atoms with Gasteiger partial charge >= 0.3 is 0 Å². The van der Waals surface area contributed by atoms with Crippen LogP contribution in [0.15, 0.2) is 47.7 Å². The summed E-state index contributed by atoms with van der Waals surface area (Å²) in [6.45, 7) is 7.75. The molecule has 3 aliphatic rings. The molecule has 8 nitrogen and oxygen atoms in total. The van der Waals surface area contributed by atoms with Crippen LogP contribution >= 0.6 is 0 Å². The average Bonchev–Trinajstić information content (AvgIpc) is 3.49. The lowest BCUT2D eigenvalue weighted by atomic mass is 9.61. The summed E-state index contributed by atoms with van der Waals surface area (Å²) in [7, 11) is 0.376. The zero-order valence-corrected chi connectivity index (χ0v) is 28.4. The summed E-state index contributed by atoms with van der Waals surface area (Å²) in [4.78, 5) is 16.3. The minimum Gasteiger partial charge on any atom is -0.361 e. The van der Waals surface area contributed by atoms with Crippen LogP contribution in [-0.4, -0.2) is 68.4 Å². The Morgan fingerprint density at radius 2 is 1.83 bits per heavy atom. The van der Waals surface area contributed by atoms with Crippen molar-refractivity contribution in [1.29, 1.82) is 0 Å². The fourth-order valence-corrected chi connectivity index (χ4v) is 8.08. The Morgan fingerprint density at radius 3 is 2.45 bits per heavy atom. The summed E-state index contributed by atoms with van der Waals surface area (Å²) in [6, 6.07) is 10.2. The number of halogens is 4. The molecule has 0 amide bonds. The molecule has 1 aromatic carbocycles. The SMILES string of the molecule is Cn1cnnc1C1(c2cccc(-n3cc(C4CC4)c4cc(CN5CCC(F)(F)C5)n(COCC[Si](C)(C)C)c4c3=O)c2)CC(F)(F)C1.